The molecule has 168 valence electrons. The highest BCUT2D eigenvalue weighted by Gasteiger charge is 2.35. The van der Waals surface area contributed by atoms with Crippen LogP contribution in [0.5, 0.6) is 5.75 Å². The Hall–Kier alpha value is -3.60. The van der Waals surface area contributed by atoms with Gasteiger partial charge in [0.25, 0.3) is 5.91 Å². The van der Waals surface area contributed by atoms with Crippen LogP contribution in [-0.2, 0) is 0 Å². The van der Waals surface area contributed by atoms with Crippen LogP contribution in [0.15, 0.2) is 60.7 Å². The van der Waals surface area contributed by atoms with E-state index in [1.807, 2.05) is 61.2 Å². The number of carbonyl (C=O) groups excluding carboxylic acids is 1. The number of imidazole rings is 1. The monoisotopic (exact) mass is 439 g/mol. The fourth-order valence-corrected chi connectivity index (χ4v) is 5.21. The van der Waals surface area contributed by atoms with E-state index in [2.05, 4.69) is 29.7 Å². The number of ether oxygens (including phenoxy) is 1. The van der Waals surface area contributed by atoms with Crippen molar-refractivity contribution in [1.29, 1.82) is 0 Å². The summed E-state index contributed by atoms with van der Waals surface area (Å²) in [6.07, 6.45) is 1.86. The van der Waals surface area contributed by atoms with E-state index in [9.17, 15) is 4.79 Å². The molecule has 0 radical (unpaired) electrons. The molecule has 1 amide bonds. The van der Waals surface area contributed by atoms with Crippen LogP contribution in [0.1, 0.15) is 51.8 Å². The van der Waals surface area contributed by atoms with Crippen molar-refractivity contribution >= 4 is 16.9 Å². The number of nitrogens with zero attached hydrogens (tertiary/aromatic N) is 3. The number of carbonyl (C=O) groups is 1. The number of aryl methyl sites for hydroxylation is 3. The number of hydrogen-bond acceptors (Lipinski definition) is 3. The van der Waals surface area contributed by atoms with E-state index in [0.29, 0.717) is 0 Å². The summed E-state index contributed by atoms with van der Waals surface area (Å²) in [5.41, 5.74) is 7.06. The number of rotatable bonds is 4. The summed E-state index contributed by atoms with van der Waals surface area (Å²) in [6.45, 7) is 6.88. The Labute approximate surface area is 194 Å². The normalized spacial score (nSPS) is 15.9. The van der Waals surface area contributed by atoms with Crippen LogP contribution in [0.4, 0.5) is 0 Å². The van der Waals surface area contributed by atoms with Crippen molar-refractivity contribution in [1.82, 2.24) is 14.5 Å². The molecule has 0 spiro atoms. The van der Waals surface area contributed by atoms with Crippen molar-refractivity contribution in [2.24, 2.45) is 0 Å². The average molecular weight is 440 g/mol. The Balaban J connectivity index is 1.62. The first-order valence-electron chi connectivity index (χ1n) is 11.5. The highest BCUT2D eigenvalue weighted by Crippen LogP contribution is 2.37. The van der Waals surface area contributed by atoms with Gasteiger partial charge in [0.2, 0.25) is 0 Å². The molecule has 1 saturated heterocycles. The minimum atomic E-state index is -0.0768. The molecule has 2 heterocycles. The molecule has 4 aromatic rings. The Morgan fingerprint density at radius 1 is 1.00 bits per heavy atom. The number of amides is 1. The van der Waals surface area contributed by atoms with Crippen LogP contribution in [0.2, 0.25) is 0 Å². The van der Waals surface area contributed by atoms with Gasteiger partial charge < -0.3 is 9.64 Å². The molecule has 0 N–H and O–H groups in total. The first-order chi connectivity index (χ1) is 16.0. The molecule has 1 unspecified atom stereocenters. The topological polar surface area (TPSA) is 47.4 Å². The van der Waals surface area contributed by atoms with Crippen molar-refractivity contribution in [3.63, 3.8) is 0 Å². The maximum absolute atomic E-state index is 13.8. The molecule has 1 aromatic heterocycles. The van der Waals surface area contributed by atoms with Crippen LogP contribution in [0.3, 0.4) is 0 Å². The van der Waals surface area contributed by atoms with Gasteiger partial charge in [-0.3, -0.25) is 9.36 Å². The fourth-order valence-electron chi connectivity index (χ4n) is 5.21. The lowest BCUT2D eigenvalue weighted by molar-refractivity contribution is 0.0727. The molecule has 1 aliphatic rings. The summed E-state index contributed by atoms with van der Waals surface area (Å²) in [5.74, 6) is 1.82. The molecule has 5 nitrogen and oxygen atoms in total. The summed E-state index contributed by atoms with van der Waals surface area (Å²) < 4.78 is 7.55. The van der Waals surface area contributed by atoms with Gasteiger partial charge in [-0.2, -0.15) is 0 Å². The second-order valence-electron chi connectivity index (χ2n) is 8.92. The van der Waals surface area contributed by atoms with Crippen molar-refractivity contribution < 1.29 is 9.53 Å². The molecule has 5 heteroatoms. The molecule has 0 saturated carbocycles. The minimum absolute atomic E-state index is 0.0768. The van der Waals surface area contributed by atoms with E-state index in [4.69, 9.17) is 9.72 Å². The number of aromatic nitrogens is 2. The van der Waals surface area contributed by atoms with E-state index in [1.165, 1.54) is 5.56 Å². The molecule has 0 aliphatic carbocycles. The quantitative estimate of drug-likeness (QED) is 0.396. The minimum Gasteiger partial charge on any atom is -0.497 e. The molecule has 1 atom stereocenters. The summed E-state index contributed by atoms with van der Waals surface area (Å²) in [4.78, 5) is 20.9. The summed E-state index contributed by atoms with van der Waals surface area (Å²) >= 11 is 0. The SMILES string of the molecule is COc1ccc(-n2c(C3CCCN3C(=O)c3c(C)cc(C)cc3C)nc3ccccc32)cc1. The summed E-state index contributed by atoms with van der Waals surface area (Å²) in [5, 5.41) is 0. The average Bonchev–Trinajstić information content (AvgIpc) is 3.43. The zero-order valence-electron chi connectivity index (χ0n) is 19.6. The first-order valence-corrected chi connectivity index (χ1v) is 11.5. The van der Waals surface area contributed by atoms with Gasteiger partial charge in [0.1, 0.15) is 11.6 Å². The number of likely N-dealkylation sites (tertiary alicyclic amines) is 1. The zero-order chi connectivity index (χ0) is 23.1. The molecule has 33 heavy (non-hydrogen) atoms. The van der Waals surface area contributed by atoms with Gasteiger partial charge in [0.15, 0.2) is 0 Å². The predicted molar refractivity (Wildman–Crippen MR) is 131 cm³/mol. The summed E-state index contributed by atoms with van der Waals surface area (Å²) in [6, 6.07) is 20.3. The zero-order valence-corrected chi connectivity index (χ0v) is 19.6. The maximum atomic E-state index is 13.8. The van der Waals surface area contributed by atoms with Gasteiger partial charge in [-0.1, -0.05) is 29.8 Å². The van der Waals surface area contributed by atoms with Crippen LogP contribution in [0.25, 0.3) is 16.7 Å². The smallest absolute Gasteiger partial charge is 0.255 e. The lowest BCUT2D eigenvalue weighted by Crippen LogP contribution is -2.33. The summed E-state index contributed by atoms with van der Waals surface area (Å²) in [7, 11) is 1.67. The Morgan fingerprint density at radius 3 is 2.39 bits per heavy atom. The molecular weight excluding hydrogens is 410 g/mol. The van der Waals surface area contributed by atoms with Crippen molar-refractivity contribution in [2.45, 2.75) is 39.7 Å². The highest BCUT2D eigenvalue weighted by molar-refractivity contribution is 5.97. The largest absolute Gasteiger partial charge is 0.497 e. The second kappa shape index (κ2) is 8.39. The standard InChI is InChI=1S/C28H29N3O2/c1-18-16-19(2)26(20(3)17-18)28(32)30-15-7-10-25(30)27-29-23-8-5-6-9-24(23)31(27)21-11-13-22(33-4)14-12-21/h5-6,8-9,11-14,16-17,25H,7,10,15H2,1-4H3. The maximum Gasteiger partial charge on any atom is 0.255 e. The van der Waals surface area contributed by atoms with E-state index >= 15 is 0 Å². The number of fused-ring (bicyclic) bond motifs is 1. The number of methoxy groups -OCH3 is 1. The van der Waals surface area contributed by atoms with Gasteiger partial charge in [-0.15, -0.1) is 0 Å². The molecule has 1 aliphatic heterocycles. The van der Waals surface area contributed by atoms with E-state index in [0.717, 1.165) is 64.4 Å². The van der Waals surface area contributed by atoms with Crippen LogP contribution >= 0.6 is 0 Å². The van der Waals surface area contributed by atoms with E-state index < -0.39 is 0 Å². The third-order valence-corrected chi connectivity index (χ3v) is 6.62. The van der Waals surface area contributed by atoms with Gasteiger partial charge in [0.05, 0.1) is 24.2 Å². The van der Waals surface area contributed by atoms with Gasteiger partial charge in [-0.25, -0.2) is 4.98 Å². The molecule has 1 fully saturated rings. The third-order valence-electron chi connectivity index (χ3n) is 6.62. The molecule has 5 rings (SSSR count). The lowest BCUT2D eigenvalue weighted by Gasteiger charge is -2.27. The molecular formula is C28H29N3O2. The lowest BCUT2D eigenvalue weighted by atomic mass is 9.98. The van der Waals surface area contributed by atoms with Crippen molar-refractivity contribution in [3.8, 4) is 11.4 Å². The van der Waals surface area contributed by atoms with Crippen molar-refractivity contribution in [3.05, 3.63) is 88.7 Å². The second-order valence-corrected chi connectivity index (χ2v) is 8.92. The third kappa shape index (κ3) is 3.67. The van der Waals surface area contributed by atoms with Crippen LogP contribution in [0, 0.1) is 20.8 Å². The van der Waals surface area contributed by atoms with Crippen LogP contribution in [-0.4, -0.2) is 34.0 Å². The van der Waals surface area contributed by atoms with E-state index in [1.54, 1.807) is 7.11 Å². The van der Waals surface area contributed by atoms with Crippen molar-refractivity contribution in [2.75, 3.05) is 13.7 Å². The van der Waals surface area contributed by atoms with Gasteiger partial charge >= 0.3 is 0 Å². The fraction of sp³-hybridized carbons (Fsp3) is 0.286. The van der Waals surface area contributed by atoms with Gasteiger partial charge in [0, 0.05) is 17.8 Å². The first kappa shape index (κ1) is 21.3. The predicted octanol–water partition coefficient (Wildman–Crippen LogP) is 5.94. The highest BCUT2D eigenvalue weighted by atomic mass is 16.5. The van der Waals surface area contributed by atoms with Gasteiger partial charge in [-0.05, 0) is 81.1 Å². The Bertz CT molecular complexity index is 1310. The number of para-hydroxylation sites is 2. The Kier molecular flexibility index (Phi) is 5.41. The molecule has 3 aromatic carbocycles. The Morgan fingerprint density at radius 2 is 1.70 bits per heavy atom. The number of benzene rings is 3. The van der Waals surface area contributed by atoms with E-state index in [-0.39, 0.29) is 11.9 Å². The number of hydrogen-bond donors (Lipinski definition) is 0. The molecule has 0 bridgehead atoms. The van der Waals surface area contributed by atoms with Crippen LogP contribution < -0.4 is 4.74 Å².